The summed E-state index contributed by atoms with van der Waals surface area (Å²) in [5.74, 6) is 0.239. The lowest BCUT2D eigenvalue weighted by Crippen LogP contribution is -2.01. The van der Waals surface area contributed by atoms with Gasteiger partial charge in [-0.3, -0.25) is 0 Å². The van der Waals surface area contributed by atoms with E-state index in [1.54, 1.807) is 6.07 Å². The average Bonchev–Trinajstić information content (AvgIpc) is 2.41. The number of rotatable bonds is 4. The Kier molecular flexibility index (Phi) is 4.61. The molecule has 0 bridgehead atoms. The van der Waals surface area contributed by atoms with Crippen LogP contribution in [0.15, 0.2) is 46.9 Å². The lowest BCUT2D eigenvalue weighted by Gasteiger charge is -2.09. The summed E-state index contributed by atoms with van der Waals surface area (Å²) in [6, 6.07) is 12.9. The lowest BCUT2D eigenvalue weighted by atomic mass is 10.2. The van der Waals surface area contributed by atoms with Crippen LogP contribution in [0.2, 0.25) is 0 Å². The van der Waals surface area contributed by atoms with Crippen molar-refractivity contribution in [3.05, 3.63) is 63.9 Å². The monoisotopic (exact) mass is 327 g/mol. The quantitative estimate of drug-likeness (QED) is 0.784. The van der Waals surface area contributed by atoms with E-state index in [0.717, 1.165) is 16.8 Å². The van der Waals surface area contributed by atoms with Gasteiger partial charge in [-0.15, -0.1) is 11.6 Å². The van der Waals surface area contributed by atoms with E-state index in [4.69, 9.17) is 11.6 Å². The molecule has 2 rings (SSSR count). The number of nitrogens with one attached hydrogen (secondary N) is 1. The second-order valence-electron chi connectivity index (χ2n) is 3.90. The van der Waals surface area contributed by atoms with Gasteiger partial charge in [0.25, 0.3) is 0 Å². The minimum atomic E-state index is -0.246. The van der Waals surface area contributed by atoms with Crippen molar-refractivity contribution in [3.8, 4) is 0 Å². The van der Waals surface area contributed by atoms with Gasteiger partial charge in [0.15, 0.2) is 0 Å². The molecule has 1 N–H and O–H groups in total. The van der Waals surface area contributed by atoms with Crippen molar-refractivity contribution in [2.45, 2.75) is 12.4 Å². The molecule has 0 aliphatic carbocycles. The molecule has 0 aromatic heterocycles. The summed E-state index contributed by atoms with van der Waals surface area (Å²) >= 11 is 9.02. The van der Waals surface area contributed by atoms with Crippen molar-refractivity contribution in [2.75, 3.05) is 5.32 Å². The van der Waals surface area contributed by atoms with Gasteiger partial charge in [0.05, 0.1) is 4.47 Å². The molecule has 0 unspecified atom stereocenters. The van der Waals surface area contributed by atoms with E-state index in [0.29, 0.717) is 16.9 Å². The first-order chi connectivity index (χ1) is 8.70. The fourth-order valence-electron chi connectivity index (χ4n) is 1.65. The first kappa shape index (κ1) is 13.4. The van der Waals surface area contributed by atoms with Gasteiger partial charge in [-0.2, -0.15) is 0 Å². The second kappa shape index (κ2) is 6.21. The Bertz CT molecular complexity index is 545. The van der Waals surface area contributed by atoms with E-state index in [2.05, 4.69) is 21.2 Å². The van der Waals surface area contributed by atoms with Gasteiger partial charge >= 0.3 is 0 Å². The zero-order chi connectivity index (χ0) is 13.0. The fourth-order valence-corrected chi connectivity index (χ4v) is 2.22. The summed E-state index contributed by atoms with van der Waals surface area (Å²) in [6.07, 6.45) is 0. The van der Waals surface area contributed by atoms with Crippen LogP contribution in [0, 0.1) is 5.82 Å². The lowest BCUT2D eigenvalue weighted by molar-refractivity contribution is 0.618. The standard InChI is InChI=1S/C14H12BrClFN/c15-14-11(4-2-6-13(14)17)9-18-12-5-1-3-10(7-12)8-16/h1-7,18H,8-9H2. The van der Waals surface area contributed by atoms with Crippen molar-refractivity contribution in [1.82, 2.24) is 0 Å². The molecule has 0 amide bonds. The topological polar surface area (TPSA) is 12.0 Å². The normalized spacial score (nSPS) is 10.4. The molecular weight excluding hydrogens is 317 g/mol. The van der Waals surface area contributed by atoms with E-state index < -0.39 is 0 Å². The van der Waals surface area contributed by atoms with Crippen molar-refractivity contribution < 1.29 is 4.39 Å². The van der Waals surface area contributed by atoms with Crippen LogP contribution >= 0.6 is 27.5 Å². The number of hydrogen-bond acceptors (Lipinski definition) is 1. The van der Waals surface area contributed by atoms with E-state index in [9.17, 15) is 4.39 Å². The fraction of sp³-hybridized carbons (Fsp3) is 0.143. The molecule has 94 valence electrons. The van der Waals surface area contributed by atoms with Crippen molar-refractivity contribution in [1.29, 1.82) is 0 Å². The van der Waals surface area contributed by atoms with Crippen LogP contribution in [0.3, 0.4) is 0 Å². The van der Waals surface area contributed by atoms with Gasteiger partial charge in [-0.1, -0.05) is 24.3 Å². The number of benzene rings is 2. The Morgan fingerprint density at radius 2 is 1.94 bits per heavy atom. The average molecular weight is 329 g/mol. The number of anilines is 1. The molecule has 2 aromatic carbocycles. The molecule has 4 heteroatoms. The van der Waals surface area contributed by atoms with Crippen molar-refractivity contribution in [3.63, 3.8) is 0 Å². The van der Waals surface area contributed by atoms with Crippen LogP contribution < -0.4 is 5.32 Å². The van der Waals surface area contributed by atoms with Crippen LogP contribution in [0.25, 0.3) is 0 Å². The smallest absolute Gasteiger partial charge is 0.137 e. The molecule has 18 heavy (non-hydrogen) atoms. The van der Waals surface area contributed by atoms with Gasteiger partial charge in [0.2, 0.25) is 0 Å². The molecule has 0 heterocycles. The minimum Gasteiger partial charge on any atom is -0.381 e. The second-order valence-corrected chi connectivity index (χ2v) is 4.96. The molecule has 0 saturated heterocycles. The third-order valence-corrected chi connectivity index (χ3v) is 3.79. The molecule has 0 aliphatic rings. The predicted molar refractivity (Wildman–Crippen MR) is 77.4 cm³/mol. The molecule has 0 spiro atoms. The minimum absolute atomic E-state index is 0.246. The van der Waals surface area contributed by atoms with Crippen molar-refractivity contribution >= 4 is 33.2 Å². The Labute approximate surface area is 119 Å². The SMILES string of the molecule is Fc1cccc(CNc2cccc(CCl)c2)c1Br. The first-order valence-electron chi connectivity index (χ1n) is 5.52. The highest BCUT2D eigenvalue weighted by Crippen LogP contribution is 2.21. The van der Waals surface area contributed by atoms with Crippen LogP contribution in [0.4, 0.5) is 10.1 Å². The molecule has 0 atom stereocenters. The Morgan fingerprint density at radius 3 is 2.72 bits per heavy atom. The van der Waals surface area contributed by atoms with Crippen LogP contribution in [-0.4, -0.2) is 0 Å². The summed E-state index contributed by atoms with van der Waals surface area (Å²) in [5, 5.41) is 3.25. The molecule has 2 aromatic rings. The zero-order valence-electron chi connectivity index (χ0n) is 9.59. The number of hydrogen-bond donors (Lipinski definition) is 1. The molecule has 1 nitrogen and oxygen atoms in total. The zero-order valence-corrected chi connectivity index (χ0v) is 11.9. The maximum Gasteiger partial charge on any atom is 0.137 e. The molecular formula is C14H12BrClFN. The highest BCUT2D eigenvalue weighted by molar-refractivity contribution is 9.10. The highest BCUT2D eigenvalue weighted by atomic mass is 79.9. The molecule has 0 radical (unpaired) electrons. The van der Waals surface area contributed by atoms with E-state index in [1.807, 2.05) is 30.3 Å². The Hall–Kier alpha value is -1.06. The summed E-state index contributed by atoms with van der Waals surface area (Å²) < 4.78 is 13.8. The summed E-state index contributed by atoms with van der Waals surface area (Å²) in [7, 11) is 0. The van der Waals surface area contributed by atoms with E-state index >= 15 is 0 Å². The predicted octanol–water partition coefficient (Wildman–Crippen LogP) is 4.94. The van der Waals surface area contributed by atoms with E-state index in [1.165, 1.54) is 6.07 Å². The van der Waals surface area contributed by atoms with E-state index in [-0.39, 0.29) is 5.82 Å². The highest BCUT2D eigenvalue weighted by Gasteiger charge is 2.04. The molecule has 0 saturated carbocycles. The van der Waals surface area contributed by atoms with Gasteiger partial charge in [0.1, 0.15) is 5.82 Å². The van der Waals surface area contributed by atoms with Crippen LogP contribution in [-0.2, 0) is 12.4 Å². The summed E-state index contributed by atoms with van der Waals surface area (Å²) in [4.78, 5) is 0. The third-order valence-electron chi connectivity index (χ3n) is 2.60. The Morgan fingerprint density at radius 1 is 1.17 bits per heavy atom. The van der Waals surface area contributed by atoms with Crippen LogP contribution in [0.5, 0.6) is 0 Å². The summed E-state index contributed by atoms with van der Waals surface area (Å²) in [6.45, 7) is 0.560. The maximum absolute atomic E-state index is 13.3. The molecule has 0 fully saturated rings. The van der Waals surface area contributed by atoms with Crippen molar-refractivity contribution in [2.24, 2.45) is 0 Å². The summed E-state index contributed by atoms with van der Waals surface area (Å²) in [5.41, 5.74) is 2.91. The first-order valence-corrected chi connectivity index (χ1v) is 6.85. The third kappa shape index (κ3) is 3.24. The number of alkyl halides is 1. The van der Waals surface area contributed by atoms with Gasteiger partial charge in [-0.05, 0) is 45.3 Å². The van der Waals surface area contributed by atoms with Gasteiger partial charge in [-0.25, -0.2) is 4.39 Å². The number of halogens is 3. The van der Waals surface area contributed by atoms with Gasteiger partial charge in [0, 0.05) is 18.1 Å². The maximum atomic E-state index is 13.3. The van der Waals surface area contributed by atoms with Gasteiger partial charge < -0.3 is 5.32 Å². The van der Waals surface area contributed by atoms with Crippen LogP contribution in [0.1, 0.15) is 11.1 Å². The Balaban J connectivity index is 2.09. The largest absolute Gasteiger partial charge is 0.381 e. The molecule has 0 aliphatic heterocycles.